The summed E-state index contributed by atoms with van der Waals surface area (Å²) in [6, 6.07) is 8.17. The van der Waals surface area contributed by atoms with Crippen molar-refractivity contribution in [3.63, 3.8) is 0 Å². The maximum atomic E-state index is 11.4. The van der Waals surface area contributed by atoms with Crippen LogP contribution in [0.4, 0.5) is 0 Å². The quantitative estimate of drug-likeness (QED) is 0.673. The average molecular weight is 311 g/mol. The van der Waals surface area contributed by atoms with Crippen molar-refractivity contribution < 1.29 is 14.3 Å². The van der Waals surface area contributed by atoms with Crippen molar-refractivity contribution in [1.82, 2.24) is 5.32 Å². The highest BCUT2D eigenvalue weighted by Crippen LogP contribution is 2.27. The molecule has 0 saturated carbocycles. The molecule has 4 nitrogen and oxygen atoms in total. The number of ether oxygens (including phenoxy) is 2. The van der Waals surface area contributed by atoms with Gasteiger partial charge in [0.1, 0.15) is 5.75 Å². The molecule has 0 bridgehead atoms. The Hall–Kier alpha value is -1.20. The first-order valence-electron chi connectivity index (χ1n) is 7.32. The van der Waals surface area contributed by atoms with Gasteiger partial charge >= 0.3 is 5.97 Å². The van der Waals surface area contributed by atoms with Gasteiger partial charge in [-0.25, -0.2) is 0 Å². The van der Waals surface area contributed by atoms with Gasteiger partial charge in [-0.2, -0.15) is 0 Å². The van der Waals surface area contributed by atoms with E-state index in [2.05, 4.69) is 18.3 Å². The summed E-state index contributed by atoms with van der Waals surface area (Å²) in [7, 11) is 1.68. The molecule has 0 radical (unpaired) electrons. The fraction of sp³-hybridized carbons (Fsp3) is 0.562. The van der Waals surface area contributed by atoms with Crippen LogP contribution in [0.25, 0.3) is 0 Å². The van der Waals surface area contributed by atoms with E-state index in [-0.39, 0.29) is 12.0 Å². The summed E-state index contributed by atoms with van der Waals surface area (Å²) in [5.74, 6) is 1.91. The van der Waals surface area contributed by atoms with E-state index in [1.165, 1.54) is 0 Å². The van der Waals surface area contributed by atoms with Gasteiger partial charge in [0.15, 0.2) is 0 Å². The molecule has 1 rings (SSSR count). The maximum Gasteiger partial charge on any atom is 0.315 e. The van der Waals surface area contributed by atoms with E-state index in [0.29, 0.717) is 12.4 Å². The third kappa shape index (κ3) is 6.40. The molecule has 118 valence electrons. The van der Waals surface area contributed by atoms with Crippen molar-refractivity contribution in [2.75, 3.05) is 31.8 Å². The number of carbonyl (C=O) groups is 1. The molecule has 0 aliphatic rings. The van der Waals surface area contributed by atoms with Gasteiger partial charge in [-0.1, -0.05) is 25.1 Å². The lowest BCUT2D eigenvalue weighted by atomic mass is 10.1. The third-order valence-electron chi connectivity index (χ3n) is 2.96. The van der Waals surface area contributed by atoms with E-state index in [4.69, 9.17) is 9.47 Å². The molecule has 0 saturated heterocycles. The normalized spacial score (nSPS) is 12.0. The van der Waals surface area contributed by atoms with Crippen molar-refractivity contribution in [2.45, 2.75) is 26.3 Å². The molecule has 5 heteroatoms. The average Bonchev–Trinajstić information content (AvgIpc) is 2.51. The molecule has 0 spiro atoms. The third-order valence-corrected chi connectivity index (χ3v) is 3.97. The zero-order valence-corrected chi connectivity index (χ0v) is 13.9. The van der Waals surface area contributed by atoms with Crippen molar-refractivity contribution in [1.29, 1.82) is 0 Å². The molecule has 1 atom stereocenters. The van der Waals surface area contributed by atoms with E-state index < -0.39 is 0 Å². The lowest BCUT2D eigenvalue weighted by Gasteiger charge is -2.20. The van der Waals surface area contributed by atoms with Crippen LogP contribution in [-0.2, 0) is 9.53 Å². The van der Waals surface area contributed by atoms with Gasteiger partial charge in [0, 0.05) is 17.4 Å². The summed E-state index contributed by atoms with van der Waals surface area (Å²) in [6.45, 7) is 5.33. The van der Waals surface area contributed by atoms with Crippen LogP contribution in [0.1, 0.15) is 31.9 Å². The van der Waals surface area contributed by atoms with Crippen LogP contribution in [0.3, 0.4) is 0 Å². The summed E-state index contributed by atoms with van der Waals surface area (Å²) in [5, 5.41) is 3.51. The minimum Gasteiger partial charge on any atom is -0.496 e. The van der Waals surface area contributed by atoms with Gasteiger partial charge in [0.25, 0.3) is 0 Å². The van der Waals surface area contributed by atoms with E-state index in [1.807, 2.05) is 25.1 Å². The number of para-hydroxylation sites is 1. The van der Waals surface area contributed by atoms with E-state index in [0.717, 1.165) is 30.0 Å². The minimum atomic E-state index is -0.156. The number of nitrogens with one attached hydrogen (secondary N) is 1. The summed E-state index contributed by atoms with van der Waals surface area (Å²) in [6.07, 6.45) is 1.06. The summed E-state index contributed by atoms with van der Waals surface area (Å²) >= 11 is 1.58. The van der Waals surface area contributed by atoms with Crippen molar-refractivity contribution >= 4 is 17.7 Å². The molecule has 0 aromatic heterocycles. The SMILES string of the molecule is CCCNC(CSCC(=O)OCC)c1ccccc1OC. The van der Waals surface area contributed by atoms with E-state index in [1.54, 1.807) is 18.9 Å². The Morgan fingerprint density at radius 2 is 2.10 bits per heavy atom. The molecule has 0 heterocycles. The highest BCUT2D eigenvalue weighted by atomic mass is 32.2. The standard InChI is InChI=1S/C16H25NO3S/c1-4-10-17-14(11-21-12-16(18)20-5-2)13-8-6-7-9-15(13)19-3/h6-9,14,17H,4-5,10-12H2,1-3H3. The summed E-state index contributed by atoms with van der Waals surface area (Å²) < 4.78 is 10.4. The molecule has 0 aliphatic carbocycles. The van der Waals surface area contributed by atoms with Crippen molar-refractivity contribution in [2.24, 2.45) is 0 Å². The highest BCUT2D eigenvalue weighted by molar-refractivity contribution is 7.99. The highest BCUT2D eigenvalue weighted by Gasteiger charge is 2.16. The Bertz CT molecular complexity index is 426. The zero-order chi connectivity index (χ0) is 15.5. The van der Waals surface area contributed by atoms with Crippen molar-refractivity contribution in [3.05, 3.63) is 29.8 Å². The van der Waals surface area contributed by atoms with E-state index >= 15 is 0 Å². The zero-order valence-electron chi connectivity index (χ0n) is 13.1. The van der Waals surface area contributed by atoms with Crippen LogP contribution >= 0.6 is 11.8 Å². The first kappa shape index (κ1) is 17.9. The predicted octanol–water partition coefficient (Wildman–Crippen LogP) is 3.03. The number of hydrogen-bond acceptors (Lipinski definition) is 5. The maximum absolute atomic E-state index is 11.4. The van der Waals surface area contributed by atoms with Gasteiger partial charge in [-0.15, -0.1) is 11.8 Å². The molecule has 0 fully saturated rings. The van der Waals surface area contributed by atoms with Crippen LogP contribution in [0.15, 0.2) is 24.3 Å². The smallest absolute Gasteiger partial charge is 0.315 e. The molecule has 1 N–H and O–H groups in total. The molecule has 0 amide bonds. The van der Waals surface area contributed by atoms with Crippen LogP contribution in [0.5, 0.6) is 5.75 Å². The largest absolute Gasteiger partial charge is 0.496 e. The van der Waals surface area contributed by atoms with Gasteiger partial charge in [0.05, 0.1) is 19.5 Å². The van der Waals surface area contributed by atoms with Crippen molar-refractivity contribution in [3.8, 4) is 5.75 Å². The van der Waals surface area contributed by atoms with Crippen LogP contribution in [0, 0.1) is 0 Å². The van der Waals surface area contributed by atoms with Gasteiger partial charge in [0.2, 0.25) is 0 Å². The van der Waals surface area contributed by atoms with E-state index in [9.17, 15) is 4.79 Å². The number of benzene rings is 1. The Kier molecular flexibility index (Phi) is 8.94. The first-order valence-corrected chi connectivity index (χ1v) is 8.48. The summed E-state index contributed by atoms with van der Waals surface area (Å²) in [4.78, 5) is 11.4. The Morgan fingerprint density at radius 3 is 2.76 bits per heavy atom. The molecule has 1 aromatic carbocycles. The molecule has 21 heavy (non-hydrogen) atoms. The minimum absolute atomic E-state index is 0.156. The number of hydrogen-bond donors (Lipinski definition) is 1. The van der Waals surface area contributed by atoms with Crippen LogP contribution in [0.2, 0.25) is 0 Å². The monoisotopic (exact) mass is 311 g/mol. The second-order valence-corrected chi connectivity index (χ2v) is 5.60. The van der Waals surface area contributed by atoms with Crippen LogP contribution in [-0.4, -0.2) is 37.7 Å². The number of methoxy groups -OCH3 is 1. The second kappa shape index (κ2) is 10.5. The molecular formula is C16H25NO3S. The van der Waals surface area contributed by atoms with Crippen LogP contribution < -0.4 is 10.1 Å². The molecule has 0 aliphatic heterocycles. The van der Waals surface area contributed by atoms with Gasteiger partial charge in [-0.05, 0) is 26.0 Å². The Morgan fingerprint density at radius 1 is 1.33 bits per heavy atom. The lowest BCUT2D eigenvalue weighted by Crippen LogP contribution is -2.25. The predicted molar refractivity (Wildman–Crippen MR) is 88.0 cm³/mol. The Balaban J connectivity index is 2.64. The number of thioether (sulfide) groups is 1. The number of carbonyl (C=O) groups excluding carboxylic acids is 1. The number of esters is 1. The second-order valence-electron chi connectivity index (χ2n) is 4.57. The summed E-state index contributed by atoms with van der Waals surface area (Å²) in [5.41, 5.74) is 1.13. The first-order chi connectivity index (χ1) is 10.2. The Labute approximate surface area is 131 Å². The van der Waals surface area contributed by atoms with Gasteiger partial charge in [-0.3, -0.25) is 4.79 Å². The fourth-order valence-corrected chi connectivity index (χ4v) is 2.90. The molecule has 1 aromatic rings. The lowest BCUT2D eigenvalue weighted by molar-refractivity contribution is -0.139. The molecule has 1 unspecified atom stereocenters. The number of rotatable bonds is 10. The topological polar surface area (TPSA) is 47.6 Å². The molecular weight excluding hydrogens is 286 g/mol. The van der Waals surface area contributed by atoms with Gasteiger partial charge < -0.3 is 14.8 Å². The fourth-order valence-electron chi connectivity index (χ4n) is 1.99.